The zero-order chi connectivity index (χ0) is 47.1. The van der Waals surface area contributed by atoms with Crippen LogP contribution in [0, 0.1) is 0 Å². The van der Waals surface area contributed by atoms with Crippen molar-refractivity contribution in [2.24, 2.45) is 0 Å². The van der Waals surface area contributed by atoms with Gasteiger partial charge >= 0.3 is 35.8 Å². The number of rotatable bonds is 15. The molecule has 0 spiro atoms. The number of carbonyl (C=O) groups is 7. The molecule has 1 fully saturated rings. The summed E-state index contributed by atoms with van der Waals surface area (Å²) in [6.45, 7) is 28.0. The fraction of sp³-hybridized carbons (Fsp3) is 0.837. The molecule has 1 saturated heterocycles. The second kappa shape index (κ2) is 23.5. The van der Waals surface area contributed by atoms with Crippen LogP contribution in [-0.2, 0) is 57.2 Å². The van der Waals surface area contributed by atoms with E-state index in [9.17, 15) is 38.7 Å². The summed E-state index contributed by atoms with van der Waals surface area (Å²) in [6, 6.07) is -2.60. The minimum atomic E-state index is -1.57. The third kappa shape index (κ3) is 26.9. The van der Waals surface area contributed by atoms with E-state index < -0.39 is 88.2 Å². The van der Waals surface area contributed by atoms with Gasteiger partial charge in [0.25, 0.3) is 0 Å². The van der Waals surface area contributed by atoms with Gasteiger partial charge in [-0.2, -0.15) is 0 Å². The van der Waals surface area contributed by atoms with Crippen LogP contribution in [0.5, 0.6) is 0 Å². The summed E-state index contributed by atoms with van der Waals surface area (Å²) in [5.74, 6) is -4.91. The Morgan fingerprint density at radius 2 is 0.803 bits per heavy atom. The van der Waals surface area contributed by atoms with E-state index in [1.54, 1.807) is 104 Å². The van der Waals surface area contributed by atoms with Crippen LogP contribution in [0.2, 0.25) is 0 Å². The van der Waals surface area contributed by atoms with Crippen molar-refractivity contribution in [1.82, 2.24) is 24.9 Å². The highest BCUT2D eigenvalue weighted by molar-refractivity contribution is 5.87. The SMILES string of the molecule is CC(C)(C)OC(=O)CC(NC(=O)CCC(C(=O)OC(C)(C)C)N1CCN(CC(=O)OC(C)(C)C)CCN(CC(=O)OC(C)(C)C)CCN(CC(=O)OC(C)(C)C)CC1)C(=O)O. The number of carboxylic acid groups (broad SMARTS) is 1. The summed E-state index contributed by atoms with van der Waals surface area (Å²) in [6.07, 6.45) is -1.00. The number of ether oxygens (including phenoxy) is 5. The first-order valence-corrected chi connectivity index (χ1v) is 21.1. The van der Waals surface area contributed by atoms with Crippen molar-refractivity contribution in [1.29, 1.82) is 0 Å². The van der Waals surface area contributed by atoms with Gasteiger partial charge in [0.1, 0.15) is 40.1 Å². The minimum absolute atomic E-state index is 0.0345. The molecule has 0 aromatic rings. The molecule has 0 aliphatic carbocycles. The number of amides is 1. The Morgan fingerprint density at radius 1 is 0.492 bits per heavy atom. The summed E-state index contributed by atoms with van der Waals surface area (Å²) in [7, 11) is 0. The molecule has 2 N–H and O–H groups in total. The van der Waals surface area contributed by atoms with Crippen molar-refractivity contribution in [3.8, 4) is 0 Å². The molecule has 1 heterocycles. The lowest BCUT2D eigenvalue weighted by atomic mass is 10.1. The molecule has 1 aliphatic heterocycles. The van der Waals surface area contributed by atoms with Crippen molar-refractivity contribution < 1.29 is 62.4 Å². The molecule has 0 saturated carbocycles. The lowest BCUT2D eigenvalue weighted by molar-refractivity contribution is -0.163. The Balaban J connectivity index is 3.63. The van der Waals surface area contributed by atoms with Gasteiger partial charge in [0.05, 0.1) is 26.1 Å². The number of carboxylic acids is 1. The topological polar surface area (TPSA) is 211 Å². The molecular formula is C43H77N5O13. The van der Waals surface area contributed by atoms with E-state index in [0.717, 1.165) is 0 Å². The van der Waals surface area contributed by atoms with Crippen molar-refractivity contribution in [3.05, 3.63) is 0 Å². The molecule has 0 radical (unpaired) electrons. The molecule has 2 atom stereocenters. The van der Waals surface area contributed by atoms with Gasteiger partial charge in [-0.25, -0.2) is 4.79 Å². The second-order valence-corrected chi connectivity index (χ2v) is 20.5. The van der Waals surface area contributed by atoms with Gasteiger partial charge < -0.3 is 34.1 Å². The summed E-state index contributed by atoms with van der Waals surface area (Å²) in [5.41, 5.74) is -3.97. The molecule has 0 bridgehead atoms. The zero-order valence-corrected chi connectivity index (χ0v) is 39.7. The van der Waals surface area contributed by atoms with Crippen LogP contribution >= 0.6 is 0 Å². The largest absolute Gasteiger partial charge is 0.480 e. The number of hydrogen-bond donors (Lipinski definition) is 2. The average molecular weight is 872 g/mol. The average Bonchev–Trinajstić information content (AvgIpc) is 3.00. The highest BCUT2D eigenvalue weighted by atomic mass is 16.6. The highest BCUT2D eigenvalue weighted by Crippen LogP contribution is 2.18. The fourth-order valence-corrected chi connectivity index (χ4v) is 6.11. The Morgan fingerprint density at radius 3 is 1.11 bits per heavy atom. The molecule has 352 valence electrons. The summed E-state index contributed by atoms with van der Waals surface area (Å²) in [4.78, 5) is 98.8. The summed E-state index contributed by atoms with van der Waals surface area (Å²) in [5, 5.41) is 12.2. The molecule has 0 aromatic carbocycles. The molecule has 0 aromatic heterocycles. The zero-order valence-electron chi connectivity index (χ0n) is 39.7. The molecular weight excluding hydrogens is 794 g/mol. The first-order valence-electron chi connectivity index (χ1n) is 21.1. The number of carbonyl (C=O) groups excluding carboxylic acids is 6. The maximum Gasteiger partial charge on any atom is 0.326 e. The Hall–Kier alpha value is -3.87. The van der Waals surface area contributed by atoms with Crippen LogP contribution in [0.25, 0.3) is 0 Å². The van der Waals surface area contributed by atoms with Crippen LogP contribution in [-0.4, -0.2) is 179 Å². The van der Waals surface area contributed by atoms with Crippen LogP contribution < -0.4 is 5.32 Å². The molecule has 1 amide bonds. The van der Waals surface area contributed by atoms with Gasteiger partial charge in [0, 0.05) is 58.8 Å². The smallest absolute Gasteiger partial charge is 0.326 e. The van der Waals surface area contributed by atoms with Crippen molar-refractivity contribution in [2.75, 3.05) is 72.0 Å². The molecule has 1 aliphatic rings. The maximum absolute atomic E-state index is 14.1. The van der Waals surface area contributed by atoms with Gasteiger partial charge in [-0.3, -0.25) is 48.4 Å². The Bertz CT molecular complexity index is 1440. The predicted molar refractivity (Wildman–Crippen MR) is 227 cm³/mol. The molecule has 1 rings (SSSR count). The highest BCUT2D eigenvalue weighted by Gasteiger charge is 2.34. The standard InChI is InChI=1S/C43H77N5O13/c1-39(2,3)57-33(50)26-30(37(54)55)44-32(49)17-16-31(38(56)61-43(13,14)15)48-24-22-46(28-35(52)59-41(7,8)9)20-18-45(27-34(51)58-40(4,5)6)19-21-47(23-25-48)29-36(53)60-42(10,11)12/h30-31H,16-29H2,1-15H3,(H,44,49)(H,54,55). The number of aliphatic carboxylic acids is 1. The number of nitrogens with one attached hydrogen (secondary N) is 1. The van der Waals surface area contributed by atoms with Gasteiger partial charge in [0.2, 0.25) is 5.91 Å². The van der Waals surface area contributed by atoms with E-state index >= 15 is 0 Å². The number of esters is 5. The number of hydrogen-bond acceptors (Lipinski definition) is 16. The third-order valence-corrected chi connectivity index (χ3v) is 8.38. The third-order valence-electron chi connectivity index (χ3n) is 8.38. The van der Waals surface area contributed by atoms with Crippen molar-refractivity contribution in [2.45, 2.75) is 163 Å². The molecule has 61 heavy (non-hydrogen) atoms. The monoisotopic (exact) mass is 872 g/mol. The van der Waals surface area contributed by atoms with E-state index in [4.69, 9.17) is 23.7 Å². The molecule has 18 nitrogen and oxygen atoms in total. The van der Waals surface area contributed by atoms with E-state index in [0.29, 0.717) is 26.2 Å². The minimum Gasteiger partial charge on any atom is -0.480 e. The van der Waals surface area contributed by atoms with Crippen molar-refractivity contribution in [3.63, 3.8) is 0 Å². The lowest BCUT2D eigenvalue weighted by Gasteiger charge is -2.37. The van der Waals surface area contributed by atoms with E-state index in [2.05, 4.69) is 5.32 Å². The van der Waals surface area contributed by atoms with E-state index in [1.165, 1.54) is 0 Å². The fourth-order valence-electron chi connectivity index (χ4n) is 6.11. The van der Waals surface area contributed by atoms with Gasteiger partial charge in [-0.15, -0.1) is 0 Å². The summed E-state index contributed by atoms with van der Waals surface area (Å²) < 4.78 is 28.0. The first kappa shape index (κ1) is 55.1. The van der Waals surface area contributed by atoms with Crippen LogP contribution in [0.3, 0.4) is 0 Å². The second-order valence-electron chi connectivity index (χ2n) is 20.5. The Kier molecular flexibility index (Phi) is 21.3. The van der Waals surface area contributed by atoms with E-state index in [1.807, 2.05) is 19.6 Å². The van der Waals surface area contributed by atoms with Gasteiger partial charge in [-0.1, -0.05) is 0 Å². The van der Waals surface area contributed by atoms with Crippen LogP contribution in [0.15, 0.2) is 0 Å². The normalized spacial score (nSPS) is 17.4. The number of nitrogens with zero attached hydrogens (tertiary/aromatic N) is 4. The maximum atomic E-state index is 14.1. The van der Waals surface area contributed by atoms with Crippen LogP contribution in [0.4, 0.5) is 0 Å². The van der Waals surface area contributed by atoms with Gasteiger partial charge in [0.15, 0.2) is 0 Å². The summed E-state index contributed by atoms with van der Waals surface area (Å²) >= 11 is 0. The van der Waals surface area contributed by atoms with Crippen LogP contribution in [0.1, 0.15) is 123 Å². The van der Waals surface area contributed by atoms with Crippen molar-refractivity contribution >= 4 is 41.7 Å². The first-order chi connectivity index (χ1) is 27.6. The lowest BCUT2D eigenvalue weighted by Crippen LogP contribution is -2.53. The molecule has 18 heteroatoms. The van der Waals surface area contributed by atoms with Gasteiger partial charge in [-0.05, 0) is 110 Å². The quantitative estimate of drug-likeness (QED) is 0.179. The Labute approximate surface area is 363 Å². The predicted octanol–water partition coefficient (Wildman–Crippen LogP) is 3.02. The molecule has 2 unspecified atom stereocenters. The van der Waals surface area contributed by atoms with E-state index in [-0.39, 0.29) is 58.7 Å².